The van der Waals surface area contributed by atoms with E-state index < -0.39 is 6.16 Å². The monoisotopic (exact) mass is 242 g/mol. The fourth-order valence-corrected chi connectivity index (χ4v) is 1.32. The van der Waals surface area contributed by atoms with Crippen molar-refractivity contribution in [1.29, 1.82) is 0 Å². The number of rotatable bonds is 2. The summed E-state index contributed by atoms with van der Waals surface area (Å²) in [6, 6.07) is 20.6. The molecule has 2 aromatic rings. The largest absolute Gasteiger partial charge is 0.503 e. The lowest BCUT2D eigenvalue weighted by Gasteiger charge is -1.92. The summed E-state index contributed by atoms with van der Waals surface area (Å²) in [6.07, 6.45) is 2.41. The van der Waals surface area contributed by atoms with Gasteiger partial charge >= 0.3 is 6.16 Å². The second-order valence-corrected chi connectivity index (χ2v) is 3.44. The van der Waals surface area contributed by atoms with Gasteiger partial charge in [0.1, 0.15) is 0 Å². The molecule has 0 saturated carbocycles. The number of hydrogen-bond acceptors (Lipinski definition) is 1. The van der Waals surface area contributed by atoms with Gasteiger partial charge in [-0.25, -0.2) is 4.79 Å². The summed E-state index contributed by atoms with van der Waals surface area (Å²) in [6.45, 7) is 0. The van der Waals surface area contributed by atoms with Crippen molar-refractivity contribution in [2.24, 2.45) is 0 Å². The van der Waals surface area contributed by atoms with Gasteiger partial charge in [0.25, 0.3) is 0 Å². The summed E-state index contributed by atoms with van der Waals surface area (Å²) in [5, 5.41) is 13.9. The van der Waals surface area contributed by atoms with Crippen LogP contribution in [0.15, 0.2) is 60.7 Å². The minimum Gasteiger partial charge on any atom is -0.450 e. The molecule has 0 radical (unpaired) electrons. The van der Waals surface area contributed by atoms with Crippen molar-refractivity contribution < 1.29 is 15.0 Å². The highest BCUT2D eigenvalue weighted by Crippen LogP contribution is 2.06. The molecule has 0 aliphatic carbocycles. The zero-order chi connectivity index (χ0) is 13.2. The molecule has 0 aliphatic rings. The fourth-order valence-electron chi connectivity index (χ4n) is 1.32. The number of benzene rings is 2. The quantitative estimate of drug-likeness (QED) is 0.780. The molecule has 2 rings (SSSR count). The zero-order valence-electron chi connectivity index (χ0n) is 9.73. The van der Waals surface area contributed by atoms with Gasteiger partial charge in [-0.15, -0.1) is 0 Å². The van der Waals surface area contributed by atoms with Gasteiger partial charge in [-0.2, -0.15) is 0 Å². The molecule has 2 N–H and O–H groups in total. The molecule has 0 aromatic heterocycles. The van der Waals surface area contributed by atoms with Gasteiger partial charge < -0.3 is 10.2 Å². The summed E-state index contributed by atoms with van der Waals surface area (Å²) in [5.41, 5.74) is 2.47. The molecule has 0 saturated heterocycles. The van der Waals surface area contributed by atoms with Crippen molar-refractivity contribution in [3.05, 3.63) is 71.8 Å². The average Bonchev–Trinajstić information content (AvgIpc) is 2.38. The first-order valence-electron chi connectivity index (χ1n) is 5.38. The Labute approximate surface area is 106 Å². The van der Waals surface area contributed by atoms with Crippen LogP contribution in [0.2, 0.25) is 0 Å². The molecule has 3 heteroatoms. The van der Waals surface area contributed by atoms with E-state index >= 15 is 0 Å². The summed E-state index contributed by atoms with van der Waals surface area (Å²) < 4.78 is 0. The van der Waals surface area contributed by atoms with E-state index in [9.17, 15) is 0 Å². The van der Waals surface area contributed by atoms with Gasteiger partial charge in [0.15, 0.2) is 0 Å². The lowest BCUT2D eigenvalue weighted by Crippen LogP contribution is -1.81. The highest BCUT2D eigenvalue weighted by atomic mass is 16.6. The third-order valence-electron chi connectivity index (χ3n) is 2.07. The van der Waals surface area contributed by atoms with E-state index in [0.717, 1.165) is 0 Å². The number of carbonyl (C=O) groups is 1. The molecule has 3 nitrogen and oxygen atoms in total. The zero-order valence-corrected chi connectivity index (χ0v) is 9.73. The third-order valence-corrected chi connectivity index (χ3v) is 2.07. The van der Waals surface area contributed by atoms with E-state index in [-0.39, 0.29) is 0 Å². The summed E-state index contributed by atoms with van der Waals surface area (Å²) in [4.78, 5) is 8.56. The molecule has 0 heterocycles. The Morgan fingerprint density at radius 1 is 0.722 bits per heavy atom. The van der Waals surface area contributed by atoms with E-state index in [0.29, 0.717) is 0 Å². The Kier molecular flexibility index (Phi) is 5.77. The lowest BCUT2D eigenvalue weighted by atomic mass is 10.1. The van der Waals surface area contributed by atoms with E-state index in [2.05, 4.69) is 36.4 Å². The maximum absolute atomic E-state index is 8.56. The van der Waals surface area contributed by atoms with Crippen LogP contribution in [0, 0.1) is 0 Å². The Balaban J connectivity index is 0.000000357. The predicted octanol–water partition coefficient (Wildman–Crippen LogP) is 4.08. The first-order valence-corrected chi connectivity index (χ1v) is 5.38. The fraction of sp³-hybridized carbons (Fsp3) is 0. The van der Waals surface area contributed by atoms with Gasteiger partial charge in [-0.05, 0) is 11.1 Å². The summed E-state index contributed by atoms with van der Waals surface area (Å²) in [7, 11) is 0. The van der Waals surface area contributed by atoms with Crippen molar-refractivity contribution in [3.63, 3.8) is 0 Å². The van der Waals surface area contributed by atoms with Crippen molar-refractivity contribution in [1.82, 2.24) is 0 Å². The second kappa shape index (κ2) is 7.68. The molecule has 0 bridgehead atoms. The highest BCUT2D eigenvalue weighted by molar-refractivity contribution is 5.69. The van der Waals surface area contributed by atoms with Gasteiger partial charge in [0.05, 0.1) is 0 Å². The van der Waals surface area contributed by atoms with E-state index in [1.165, 1.54) is 11.1 Å². The molecule has 0 spiro atoms. The minimum absolute atomic E-state index is 1.23. The highest BCUT2D eigenvalue weighted by Gasteiger charge is 1.84. The molecule has 2 aromatic carbocycles. The minimum atomic E-state index is -1.83. The number of carboxylic acid groups (broad SMARTS) is 2. The molecule has 0 unspecified atom stereocenters. The molecule has 0 aliphatic heterocycles. The first kappa shape index (κ1) is 13.5. The van der Waals surface area contributed by atoms with Crippen LogP contribution in [0.5, 0.6) is 0 Å². The molecular weight excluding hydrogens is 228 g/mol. The molecule has 0 amide bonds. The van der Waals surface area contributed by atoms with Crippen LogP contribution >= 0.6 is 0 Å². The lowest BCUT2D eigenvalue weighted by molar-refractivity contribution is 0.137. The van der Waals surface area contributed by atoms with Gasteiger partial charge in [-0.3, -0.25) is 0 Å². The maximum Gasteiger partial charge on any atom is 0.503 e. The number of hydrogen-bond donors (Lipinski definition) is 2. The van der Waals surface area contributed by atoms with Crippen LogP contribution in [0.3, 0.4) is 0 Å². The molecule has 92 valence electrons. The van der Waals surface area contributed by atoms with Gasteiger partial charge in [0, 0.05) is 0 Å². The molecule has 18 heavy (non-hydrogen) atoms. The van der Waals surface area contributed by atoms with E-state index in [1.54, 1.807) is 0 Å². The van der Waals surface area contributed by atoms with Crippen molar-refractivity contribution in [2.45, 2.75) is 0 Å². The van der Waals surface area contributed by atoms with Gasteiger partial charge in [-0.1, -0.05) is 72.8 Å². The van der Waals surface area contributed by atoms with Crippen molar-refractivity contribution in [2.75, 3.05) is 0 Å². The summed E-state index contributed by atoms with van der Waals surface area (Å²) in [5.74, 6) is 0. The van der Waals surface area contributed by atoms with Crippen LogP contribution in [0.1, 0.15) is 11.1 Å². The molecule has 0 fully saturated rings. The smallest absolute Gasteiger partial charge is 0.450 e. The van der Waals surface area contributed by atoms with Crippen LogP contribution in [0.25, 0.3) is 12.2 Å². The molecule has 0 atom stereocenters. The standard InChI is InChI=1S/C14H12.CH2O3/c1-3-7-13(8-4-1)11-12-14-9-5-2-6-10-14;2-1(3)4/h1-12H;(H2,2,3,4). The topological polar surface area (TPSA) is 57.5 Å². The Morgan fingerprint density at radius 3 is 1.28 bits per heavy atom. The second-order valence-electron chi connectivity index (χ2n) is 3.44. The van der Waals surface area contributed by atoms with Crippen LogP contribution < -0.4 is 0 Å². The maximum atomic E-state index is 8.56. The third kappa shape index (κ3) is 6.12. The average molecular weight is 242 g/mol. The predicted molar refractivity (Wildman–Crippen MR) is 72.5 cm³/mol. The van der Waals surface area contributed by atoms with E-state index in [1.807, 2.05) is 36.4 Å². The Hall–Kier alpha value is -2.55. The SMILES string of the molecule is C(=Cc1ccccc1)c1ccccc1.O=C(O)O. The van der Waals surface area contributed by atoms with Crippen molar-refractivity contribution >= 4 is 18.3 Å². The summed E-state index contributed by atoms with van der Waals surface area (Å²) >= 11 is 0. The van der Waals surface area contributed by atoms with Crippen LogP contribution in [0.4, 0.5) is 4.79 Å². The van der Waals surface area contributed by atoms with Crippen LogP contribution in [-0.2, 0) is 0 Å². The van der Waals surface area contributed by atoms with Gasteiger partial charge in [0.2, 0.25) is 0 Å². The van der Waals surface area contributed by atoms with Crippen molar-refractivity contribution in [3.8, 4) is 0 Å². The van der Waals surface area contributed by atoms with E-state index in [4.69, 9.17) is 15.0 Å². The van der Waals surface area contributed by atoms with Crippen LogP contribution in [-0.4, -0.2) is 16.4 Å². The Bertz CT molecular complexity index is 444. The Morgan fingerprint density at radius 2 is 1.00 bits per heavy atom. The first-order chi connectivity index (χ1) is 8.68. The normalized spacial score (nSPS) is 9.56. The molecular formula is C15H14O3.